The molecule has 0 amide bonds. The Morgan fingerprint density at radius 1 is 1.59 bits per heavy atom. The molecule has 1 heterocycles. The molecule has 0 spiro atoms. The lowest BCUT2D eigenvalue weighted by Crippen LogP contribution is -2.20. The van der Waals surface area contributed by atoms with Crippen molar-refractivity contribution >= 4 is 45.2 Å². The van der Waals surface area contributed by atoms with Crippen molar-refractivity contribution in [2.45, 2.75) is 25.8 Å². The molecule has 0 saturated carbocycles. The number of nitrogens with zero attached hydrogens (tertiary/aromatic N) is 1. The second-order valence-corrected chi connectivity index (χ2v) is 6.43. The fraction of sp³-hybridized carbons (Fsp3) is 0.417. The number of halogens is 2. The zero-order valence-corrected chi connectivity index (χ0v) is 12.7. The number of benzene rings is 1. The summed E-state index contributed by atoms with van der Waals surface area (Å²) in [6, 6.07) is 4.73. The Kier molecular flexibility index (Phi) is 3.97. The summed E-state index contributed by atoms with van der Waals surface area (Å²) in [4.78, 5) is 4.67. The highest BCUT2D eigenvalue weighted by molar-refractivity contribution is 14.1. The Morgan fingerprint density at radius 2 is 2.35 bits per heavy atom. The van der Waals surface area contributed by atoms with Crippen LogP contribution in [0.5, 0.6) is 0 Å². The first kappa shape index (κ1) is 13.1. The highest BCUT2D eigenvalue weighted by Gasteiger charge is 2.28. The number of amidine groups is 1. The van der Waals surface area contributed by atoms with E-state index in [1.54, 1.807) is 17.8 Å². The van der Waals surface area contributed by atoms with Gasteiger partial charge in [-0.1, -0.05) is 18.7 Å². The standard InChI is InChI=1S/C12H14FIN2S/c1-3-12(2)7-17-11(16-12)15-10-5-4-8(13)6-9(10)14/h4-6H,3,7H2,1-2H3,(H,15,16). The average Bonchev–Trinajstić information content (AvgIpc) is 2.66. The highest BCUT2D eigenvalue weighted by atomic mass is 127. The molecule has 0 aromatic heterocycles. The molecule has 2 nitrogen and oxygen atoms in total. The Morgan fingerprint density at radius 3 is 2.94 bits per heavy atom. The molecule has 0 radical (unpaired) electrons. The molecular weight excluding hydrogens is 350 g/mol. The number of rotatable bonds is 2. The molecule has 0 saturated heterocycles. The van der Waals surface area contributed by atoms with Gasteiger partial charge in [0.2, 0.25) is 0 Å². The summed E-state index contributed by atoms with van der Waals surface area (Å²) in [6.07, 6.45) is 1.03. The fourth-order valence-corrected chi connectivity index (χ4v) is 3.28. The van der Waals surface area contributed by atoms with Gasteiger partial charge in [0.15, 0.2) is 5.17 Å². The van der Waals surface area contributed by atoms with Crippen molar-refractivity contribution in [3.05, 3.63) is 27.6 Å². The summed E-state index contributed by atoms with van der Waals surface area (Å²) in [5, 5.41) is 4.19. The van der Waals surface area contributed by atoms with Gasteiger partial charge in [-0.3, -0.25) is 4.99 Å². The van der Waals surface area contributed by atoms with E-state index in [1.165, 1.54) is 12.1 Å². The summed E-state index contributed by atoms with van der Waals surface area (Å²) >= 11 is 3.85. The molecule has 1 unspecified atom stereocenters. The van der Waals surface area contributed by atoms with Crippen molar-refractivity contribution in [3.63, 3.8) is 0 Å². The average molecular weight is 364 g/mol. The summed E-state index contributed by atoms with van der Waals surface area (Å²) in [5.41, 5.74) is 0.956. The molecule has 0 aliphatic carbocycles. The molecular formula is C12H14FIN2S. The monoisotopic (exact) mass is 364 g/mol. The maximum absolute atomic E-state index is 13.0. The van der Waals surface area contributed by atoms with Crippen LogP contribution in [0.4, 0.5) is 10.1 Å². The normalized spacial score (nSPS) is 23.6. The van der Waals surface area contributed by atoms with Crippen molar-refractivity contribution in [1.82, 2.24) is 0 Å². The lowest BCUT2D eigenvalue weighted by atomic mass is 10.0. The maximum Gasteiger partial charge on any atom is 0.161 e. The van der Waals surface area contributed by atoms with Crippen LogP contribution in [0.15, 0.2) is 23.2 Å². The van der Waals surface area contributed by atoms with Gasteiger partial charge in [0.1, 0.15) is 5.82 Å². The molecule has 0 bridgehead atoms. The van der Waals surface area contributed by atoms with Crippen molar-refractivity contribution in [1.29, 1.82) is 0 Å². The lowest BCUT2D eigenvalue weighted by molar-refractivity contribution is 0.523. The number of hydrogen-bond donors (Lipinski definition) is 1. The molecule has 5 heteroatoms. The Balaban J connectivity index is 2.15. The van der Waals surface area contributed by atoms with Crippen molar-refractivity contribution < 1.29 is 4.39 Å². The predicted octanol–water partition coefficient (Wildman–Crippen LogP) is 4.11. The number of thioether (sulfide) groups is 1. The van der Waals surface area contributed by atoms with E-state index in [0.29, 0.717) is 0 Å². The van der Waals surface area contributed by atoms with E-state index in [0.717, 1.165) is 26.6 Å². The van der Waals surface area contributed by atoms with Gasteiger partial charge in [-0.25, -0.2) is 4.39 Å². The van der Waals surface area contributed by atoms with Crippen molar-refractivity contribution in [2.24, 2.45) is 4.99 Å². The molecule has 0 fully saturated rings. The van der Waals surface area contributed by atoms with Crippen molar-refractivity contribution in [2.75, 3.05) is 11.1 Å². The number of hydrogen-bond acceptors (Lipinski definition) is 3. The van der Waals surface area contributed by atoms with Crippen LogP contribution in [0.2, 0.25) is 0 Å². The van der Waals surface area contributed by atoms with E-state index < -0.39 is 0 Å². The van der Waals surface area contributed by atoms with Gasteiger partial charge in [-0.2, -0.15) is 0 Å². The largest absolute Gasteiger partial charge is 0.334 e. The van der Waals surface area contributed by atoms with Gasteiger partial charge < -0.3 is 5.32 Å². The molecule has 1 aliphatic heterocycles. The topological polar surface area (TPSA) is 24.4 Å². The summed E-state index contributed by atoms with van der Waals surface area (Å²) in [5.74, 6) is 0.795. The number of nitrogens with one attached hydrogen (secondary N) is 1. The van der Waals surface area contributed by atoms with Crippen LogP contribution in [-0.2, 0) is 0 Å². The first-order valence-electron chi connectivity index (χ1n) is 5.47. The van der Waals surface area contributed by atoms with E-state index in [-0.39, 0.29) is 11.4 Å². The minimum absolute atomic E-state index is 0.0401. The summed E-state index contributed by atoms with van der Waals surface area (Å²) < 4.78 is 13.8. The number of aliphatic imine (C=N–C) groups is 1. The number of anilines is 1. The minimum Gasteiger partial charge on any atom is -0.334 e. The summed E-state index contributed by atoms with van der Waals surface area (Å²) in [7, 11) is 0. The Hall–Kier alpha value is -0.300. The lowest BCUT2D eigenvalue weighted by Gasteiger charge is -2.15. The van der Waals surface area contributed by atoms with Crippen LogP contribution in [0.3, 0.4) is 0 Å². The van der Waals surface area contributed by atoms with Crippen LogP contribution >= 0.6 is 34.4 Å². The van der Waals surface area contributed by atoms with Gasteiger partial charge in [0.25, 0.3) is 0 Å². The van der Waals surface area contributed by atoms with E-state index in [1.807, 2.05) is 0 Å². The SMILES string of the molecule is CCC1(C)CSC(Nc2ccc(F)cc2I)=N1. The van der Waals surface area contributed by atoms with Crippen LogP contribution < -0.4 is 5.32 Å². The van der Waals surface area contributed by atoms with E-state index in [4.69, 9.17) is 0 Å². The van der Waals surface area contributed by atoms with Crippen LogP contribution in [0.25, 0.3) is 0 Å². The quantitative estimate of drug-likeness (QED) is 0.799. The highest BCUT2D eigenvalue weighted by Crippen LogP contribution is 2.31. The minimum atomic E-state index is -0.209. The molecule has 92 valence electrons. The zero-order valence-electron chi connectivity index (χ0n) is 9.76. The third-order valence-corrected chi connectivity index (χ3v) is 4.95. The predicted molar refractivity (Wildman–Crippen MR) is 81.3 cm³/mol. The molecule has 1 atom stereocenters. The molecule has 1 N–H and O–H groups in total. The molecule has 2 rings (SSSR count). The molecule has 1 aliphatic rings. The van der Waals surface area contributed by atoms with E-state index >= 15 is 0 Å². The van der Waals surface area contributed by atoms with E-state index in [9.17, 15) is 4.39 Å². The first-order chi connectivity index (χ1) is 8.02. The third-order valence-electron chi connectivity index (χ3n) is 2.83. The van der Waals surface area contributed by atoms with Gasteiger partial charge in [-0.05, 0) is 54.1 Å². The first-order valence-corrected chi connectivity index (χ1v) is 7.53. The maximum atomic E-state index is 13.0. The van der Waals surface area contributed by atoms with Gasteiger partial charge >= 0.3 is 0 Å². The second kappa shape index (κ2) is 5.14. The van der Waals surface area contributed by atoms with Crippen LogP contribution in [0.1, 0.15) is 20.3 Å². The second-order valence-electron chi connectivity index (χ2n) is 4.31. The Bertz CT molecular complexity index is 464. The molecule has 1 aromatic carbocycles. The van der Waals surface area contributed by atoms with Crippen LogP contribution in [-0.4, -0.2) is 16.5 Å². The van der Waals surface area contributed by atoms with Crippen LogP contribution in [0, 0.1) is 9.39 Å². The Labute approximate surface area is 119 Å². The fourth-order valence-electron chi connectivity index (χ4n) is 1.48. The van der Waals surface area contributed by atoms with Crippen molar-refractivity contribution in [3.8, 4) is 0 Å². The van der Waals surface area contributed by atoms with Gasteiger partial charge in [0.05, 0.1) is 11.2 Å². The molecule has 1 aromatic rings. The summed E-state index contributed by atoms with van der Waals surface area (Å²) in [6.45, 7) is 4.30. The van der Waals surface area contributed by atoms with E-state index in [2.05, 4.69) is 46.7 Å². The van der Waals surface area contributed by atoms with Gasteiger partial charge in [0, 0.05) is 9.32 Å². The molecule has 17 heavy (non-hydrogen) atoms. The smallest absolute Gasteiger partial charge is 0.161 e. The zero-order chi connectivity index (χ0) is 12.5. The van der Waals surface area contributed by atoms with Gasteiger partial charge in [-0.15, -0.1) is 0 Å². The third kappa shape index (κ3) is 3.13.